The molecule has 3 rings (SSSR count). The van der Waals surface area contributed by atoms with Crippen molar-refractivity contribution in [3.63, 3.8) is 0 Å². The first-order valence-corrected chi connectivity index (χ1v) is 7.53. The minimum Gasteiger partial charge on any atom is -0.498 e. The van der Waals surface area contributed by atoms with Crippen LogP contribution < -0.4 is 9.47 Å². The molecule has 122 valence electrons. The van der Waals surface area contributed by atoms with E-state index in [1.165, 1.54) is 11.5 Å². The summed E-state index contributed by atoms with van der Waals surface area (Å²) in [5.41, 5.74) is 3.49. The van der Waals surface area contributed by atoms with Crippen molar-refractivity contribution in [2.75, 3.05) is 14.2 Å². The van der Waals surface area contributed by atoms with Gasteiger partial charge in [-0.1, -0.05) is 77.2 Å². The predicted molar refractivity (Wildman–Crippen MR) is 93.0 cm³/mol. The third-order valence-corrected chi connectivity index (χ3v) is 3.82. The Morgan fingerprint density at radius 1 is 0.542 bits per heavy atom. The summed E-state index contributed by atoms with van der Waals surface area (Å²) in [6.45, 7) is 0. The van der Waals surface area contributed by atoms with Crippen LogP contribution in [0.3, 0.4) is 0 Å². The van der Waals surface area contributed by atoms with E-state index in [4.69, 9.17) is 9.47 Å². The Hall–Kier alpha value is -2.18. The van der Waals surface area contributed by atoms with Crippen molar-refractivity contribution >= 4 is 0 Å². The summed E-state index contributed by atoms with van der Waals surface area (Å²) in [5.74, 6) is 2.91. The van der Waals surface area contributed by atoms with Crippen molar-refractivity contribution in [2.45, 2.75) is 0 Å². The molecule has 0 radical (unpaired) electrons. The van der Waals surface area contributed by atoms with Crippen LogP contribution in [0, 0.1) is 5.92 Å². The van der Waals surface area contributed by atoms with Gasteiger partial charge in [-0.2, -0.15) is 0 Å². The summed E-state index contributed by atoms with van der Waals surface area (Å²) < 4.78 is 10.5. The molecule has 0 aliphatic heterocycles. The van der Waals surface area contributed by atoms with Crippen LogP contribution in [0.1, 0.15) is 16.7 Å². The summed E-state index contributed by atoms with van der Waals surface area (Å²) >= 11 is 0. The number of benzene rings is 3. The first-order chi connectivity index (χ1) is 11.3. The molecule has 0 bridgehead atoms. The minimum absolute atomic E-state index is 0. The Bertz CT molecular complexity index is 690. The molecule has 0 fully saturated rings. The van der Waals surface area contributed by atoms with Gasteiger partial charge in [0.15, 0.2) is 0 Å². The second kappa shape index (κ2) is 8.61. The number of hydrogen-bond donors (Lipinski definition) is 0. The standard InChI is InChI=1S/C21H19O2.W/c1-22-19-12-8-17(9-13-19)21(16-6-4-3-5-7-16)18-10-14-20(23-2)15-11-18;/h3-15H,1-2H3;/q-1;. The fraction of sp³-hybridized carbons (Fsp3) is 0.0952. The van der Waals surface area contributed by atoms with E-state index in [0.717, 1.165) is 22.6 Å². The fourth-order valence-corrected chi connectivity index (χ4v) is 2.62. The van der Waals surface area contributed by atoms with Crippen LogP contribution >= 0.6 is 0 Å². The van der Waals surface area contributed by atoms with Gasteiger partial charge in [0, 0.05) is 21.1 Å². The number of methoxy groups -OCH3 is 2. The second-order valence-corrected chi connectivity index (χ2v) is 5.20. The van der Waals surface area contributed by atoms with E-state index in [0.29, 0.717) is 0 Å². The molecule has 0 atom stereocenters. The first-order valence-electron chi connectivity index (χ1n) is 7.53. The fourth-order valence-electron chi connectivity index (χ4n) is 2.62. The van der Waals surface area contributed by atoms with Crippen molar-refractivity contribution in [2.24, 2.45) is 0 Å². The molecular formula is C21H19O2W-. The zero-order chi connectivity index (χ0) is 16.1. The monoisotopic (exact) mass is 487 g/mol. The molecule has 2 nitrogen and oxygen atoms in total. The van der Waals surface area contributed by atoms with Crippen molar-refractivity contribution in [3.05, 3.63) is 101 Å². The molecule has 3 aromatic rings. The average molecular weight is 487 g/mol. The van der Waals surface area contributed by atoms with Crippen LogP contribution in [-0.4, -0.2) is 14.2 Å². The van der Waals surface area contributed by atoms with Gasteiger partial charge in [0.2, 0.25) is 0 Å². The zero-order valence-electron chi connectivity index (χ0n) is 13.7. The molecule has 0 aliphatic rings. The van der Waals surface area contributed by atoms with E-state index in [-0.39, 0.29) is 21.1 Å². The third kappa shape index (κ3) is 4.01. The van der Waals surface area contributed by atoms with Gasteiger partial charge in [-0.3, -0.25) is 0 Å². The van der Waals surface area contributed by atoms with E-state index in [9.17, 15) is 0 Å². The Morgan fingerprint density at radius 3 is 1.29 bits per heavy atom. The molecule has 0 spiro atoms. The number of rotatable bonds is 5. The van der Waals surface area contributed by atoms with Gasteiger partial charge in [-0.15, -0.1) is 0 Å². The van der Waals surface area contributed by atoms with E-state index < -0.39 is 0 Å². The molecular weight excluding hydrogens is 468 g/mol. The molecule has 0 amide bonds. The van der Waals surface area contributed by atoms with Crippen LogP contribution in [0.2, 0.25) is 0 Å². The molecule has 24 heavy (non-hydrogen) atoms. The van der Waals surface area contributed by atoms with Gasteiger partial charge in [-0.25, -0.2) is 0 Å². The maximum atomic E-state index is 5.26. The molecule has 0 N–H and O–H groups in total. The molecule has 0 saturated carbocycles. The Kier molecular flexibility index (Phi) is 6.51. The minimum atomic E-state index is 0. The van der Waals surface area contributed by atoms with E-state index in [1.54, 1.807) is 14.2 Å². The van der Waals surface area contributed by atoms with Crippen LogP contribution in [0.4, 0.5) is 0 Å². The molecule has 0 saturated heterocycles. The summed E-state index contributed by atoms with van der Waals surface area (Å²) in [4.78, 5) is 0. The van der Waals surface area contributed by atoms with Crippen LogP contribution in [0.5, 0.6) is 11.5 Å². The summed E-state index contributed by atoms with van der Waals surface area (Å²) in [6, 6.07) is 26.7. The average Bonchev–Trinajstić information content (AvgIpc) is 2.64. The van der Waals surface area contributed by atoms with Gasteiger partial charge in [0.05, 0.1) is 14.2 Å². The van der Waals surface area contributed by atoms with Crippen molar-refractivity contribution in [1.82, 2.24) is 0 Å². The predicted octanol–water partition coefficient (Wildman–Crippen LogP) is 4.72. The maximum absolute atomic E-state index is 5.26. The van der Waals surface area contributed by atoms with E-state index in [2.05, 4.69) is 48.5 Å². The van der Waals surface area contributed by atoms with Crippen LogP contribution in [0.25, 0.3) is 0 Å². The van der Waals surface area contributed by atoms with Gasteiger partial charge >= 0.3 is 0 Å². The van der Waals surface area contributed by atoms with Gasteiger partial charge in [0.1, 0.15) is 11.5 Å². The Labute approximate surface area is 157 Å². The van der Waals surface area contributed by atoms with E-state index >= 15 is 0 Å². The van der Waals surface area contributed by atoms with Gasteiger partial charge < -0.3 is 9.47 Å². The normalized spacial score (nSPS) is 9.75. The molecule has 0 aromatic heterocycles. The molecule has 0 unspecified atom stereocenters. The zero-order valence-corrected chi connectivity index (χ0v) is 16.7. The van der Waals surface area contributed by atoms with E-state index in [1.807, 2.05) is 30.3 Å². The third-order valence-electron chi connectivity index (χ3n) is 3.82. The SMILES string of the molecule is COc1ccc([C-](c2ccccc2)c2ccc(OC)cc2)cc1.[W]. The topological polar surface area (TPSA) is 18.5 Å². The van der Waals surface area contributed by atoms with Crippen molar-refractivity contribution in [3.8, 4) is 11.5 Å². The van der Waals surface area contributed by atoms with Gasteiger partial charge in [-0.05, 0) is 24.3 Å². The van der Waals surface area contributed by atoms with Crippen molar-refractivity contribution in [1.29, 1.82) is 0 Å². The summed E-state index contributed by atoms with van der Waals surface area (Å²) in [6.07, 6.45) is 0. The molecule has 0 heterocycles. The first kappa shape index (κ1) is 18.2. The largest absolute Gasteiger partial charge is 0.498 e. The van der Waals surface area contributed by atoms with Crippen molar-refractivity contribution < 1.29 is 30.5 Å². The molecule has 0 aliphatic carbocycles. The second-order valence-electron chi connectivity index (χ2n) is 5.20. The quantitative estimate of drug-likeness (QED) is 0.383. The number of ether oxygens (including phenoxy) is 2. The molecule has 3 heteroatoms. The smallest absolute Gasteiger partial charge is 0.108 e. The summed E-state index contributed by atoms with van der Waals surface area (Å²) in [5, 5.41) is 0. The van der Waals surface area contributed by atoms with Crippen LogP contribution in [-0.2, 0) is 21.1 Å². The maximum Gasteiger partial charge on any atom is 0.108 e. The Balaban J connectivity index is 0.00000208. The van der Waals surface area contributed by atoms with Crippen LogP contribution in [0.15, 0.2) is 78.9 Å². The Morgan fingerprint density at radius 2 is 0.917 bits per heavy atom. The van der Waals surface area contributed by atoms with Gasteiger partial charge in [0.25, 0.3) is 0 Å². The summed E-state index contributed by atoms with van der Waals surface area (Å²) in [7, 11) is 3.36. The number of hydrogen-bond acceptors (Lipinski definition) is 2. The molecule has 3 aromatic carbocycles.